The summed E-state index contributed by atoms with van der Waals surface area (Å²) in [6.07, 6.45) is 2.53. The van der Waals surface area contributed by atoms with Gasteiger partial charge in [-0.3, -0.25) is 0 Å². The molecule has 1 saturated heterocycles. The van der Waals surface area contributed by atoms with Crippen molar-refractivity contribution in [3.63, 3.8) is 0 Å². The van der Waals surface area contributed by atoms with E-state index in [9.17, 15) is 21.6 Å². The zero-order valence-electron chi connectivity index (χ0n) is 11.2. The van der Waals surface area contributed by atoms with Crippen molar-refractivity contribution in [1.29, 1.82) is 0 Å². The summed E-state index contributed by atoms with van der Waals surface area (Å²) in [6, 6.07) is 4.14. The standard InChI is InChI=1S/C12H16N2O5S2/c13-20(16,17)11-5-3-6-12(8-11)21(18,19)14-7-2-1-4-10(14)9-15/h3,5-6,8-10H,1-2,4,7H2,(H2,13,16,17). The van der Waals surface area contributed by atoms with Crippen LogP contribution in [0.25, 0.3) is 0 Å². The van der Waals surface area contributed by atoms with Gasteiger partial charge in [0, 0.05) is 6.54 Å². The highest BCUT2D eigenvalue weighted by Gasteiger charge is 2.33. The maximum atomic E-state index is 12.6. The Morgan fingerprint density at radius 1 is 1.14 bits per heavy atom. The molecule has 9 heteroatoms. The van der Waals surface area contributed by atoms with E-state index in [0.717, 1.165) is 16.8 Å². The zero-order valence-corrected chi connectivity index (χ0v) is 12.8. The quantitative estimate of drug-likeness (QED) is 0.784. The summed E-state index contributed by atoms with van der Waals surface area (Å²) in [5.41, 5.74) is 0. The van der Waals surface area contributed by atoms with E-state index in [1.54, 1.807) is 0 Å². The third-order valence-corrected chi connectivity index (χ3v) is 6.23. The van der Waals surface area contributed by atoms with Crippen molar-refractivity contribution in [3.05, 3.63) is 24.3 Å². The van der Waals surface area contributed by atoms with E-state index >= 15 is 0 Å². The van der Waals surface area contributed by atoms with Crippen LogP contribution in [-0.2, 0) is 24.8 Å². The van der Waals surface area contributed by atoms with Crippen LogP contribution in [0.1, 0.15) is 19.3 Å². The Balaban J connectivity index is 2.46. The number of sulfonamides is 2. The predicted molar refractivity (Wildman–Crippen MR) is 75.4 cm³/mol. The molecule has 0 radical (unpaired) electrons. The molecule has 0 aliphatic carbocycles. The van der Waals surface area contributed by atoms with Crippen molar-refractivity contribution in [2.45, 2.75) is 35.1 Å². The van der Waals surface area contributed by atoms with Crippen LogP contribution in [0.3, 0.4) is 0 Å². The molecule has 1 aromatic carbocycles. The topological polar surface area (TPSA) is 115 Å². The fourth-order valence-electron chi connectivity index (χ4n) is 2.31. The lowest BCUT2D eigenvalue weighted by Crippen LogP contribution is -2.44. The molecule has 1 aliphatic rings. The van der Waals surface area contributed by atoms with E-state index in [4.69, 9.17) is 5.14 Å². The van der Waals surface area contributed by atoms with E-state index in [-0.39, 0.29) is 16.3 Å². The van der Waals surface area contributed by atoms with Crippen molar-refractivity contribution in [2.24, 2.45) is 5.14 Å². The molecule has 1 unspecified atom stereocenters. The minimum Gasteiger partial charge on any atom is -0.302 e. The van der Waals surface area contributed by atoms with E-state index in [1.165, 1.54) is 18.2 Å². The molecule has 0 bridgehead atoms. The molecule has 1 heterocycles. The Labute approximate surface area is 123 Å². The van der Waals surface area contributed by atoms with Crippen LogP contribution in [0.15, 0.2) is 34.1 Å². The number of rotatable bonds is 4. The lowest BCUT2D eigenvalue weighted by molar-refractivity contribution is -0.111. The number of carbonyl (C=O) groups is 1. The summed E-state index contributed by atoms with van der Waals surface area (Å²) in [6.45, 7) is 0.241. The Morgan fingerprint density at radius 3 is 2.43 bits per heavy atom. The number of nitrogens with two attached hydrogens (primary N) is 1. The number of hydrogen-bond acceptors (Lipinski definition) is 5. The first-order valence-electron chi connectivity index (χ1n) is 6.37. The Bertz CT molecular complexity index is 743. The molecule has 2 N–H and O–H groups in total. The lowest BCUT2D eigenvalue weighted by atomic mass is 10.1. The van der Waals surface area contributed by atoms with Gasteiger partial charge >= 0.3 is 0 Å². The van der Waals surface area contributed by atoms with Gasteiger partial charge in [0.25, 0.3) is 0 Å². The summed E-state index contributed by atoms with van der Waals surface area (Å²) in [7, 11) is -7.91. The summed E-state index contributed by atoms with van der Waals surface area (Å²) < 4.78 is 48.9. The Kier molecular flexibility index (Phi) is 4.47. The van der Waals surface area contributed by atoms with E-state index in [1.807, 2.05) is 0 Å². The van der Waals surface area contributed by atoms with Crippen molar-refractivity contribution in [2.75, 3.05) is 6.54 Å². The van der Waals surface area contributed by atoms with Crippen molar-refractivity contribution >= 4 is 26.3 Å². The van der Waals surface area contributed by atoms with Gasteiger partial charge < -0.3 is 4.79 Å². The van der Waals surface area contributed by atoms with Gasteiger partial charge in [-0.2, -0.15) is 4.31 Å². The molecule has 1 atom stereocenters. The summed E-state index contributed by atoms with van der Waals surface area (Å²) in [4.78, 5) is 10.6. The van der Waals surface area contributed by atoms with Crippen LogP contribution >= 0.6 is 0 Å². The first kappa shape index (κ1) is 16.1. The van der Waals surface area contributed by atoms with E-state index in [2.05, 4.69) is 0 Å². The average molecular weight is 332 g/mol. The van der Waals surface area contributed by atoms with Crippen molar-refractivity contribution < 1.29 is 21.6 Å². The molecular weight excluding hydrogens is 316 g/mol. The highest BCUT2D eigenvalue weighted by atomic mass is 32.2. The number of carbonyl (C=O) groups excluding carboxylic acids is 1. The smallest absolute Gasteiger partial charge is 0.243 e. The molecular formula is C12H16N2O5S2. The second kappa shape index (κ2) is 5.84. The molecule has 0 saturated carbocycles. The van der Waals surface area contributed by atoms with Crippen LogP contribution in [0, 0.1) is 0 Å². The first-order chi connectivity index (χ1) is 9.76. The number of hydrogen-bond donors (Lipinski definition) is 1. The van der Waals surface area contributed by atoms with Crippen LogP contribution in [-0.4, -0.2) is 40.0 Å². The number of aldehydes is 1. The molecule has 116 valence electrons. The van der Waals surface area contributed by atoms with Gasteiger partial charge in [-0.05, 0) is 31.0 Å². The minimum atomic E-state index is -3.99. The summed E-state index contributed by atoms with van der Waals surface area (Å²) in [5, 5.41) is 5.01. The number of benzene rings is 1. The molecule has 1 aromatic rings. The van der Waals surface area contributed by atoms with E-state index < -0.39 is 26.1 Å². The molecule has 0 aromatic heterocycles. The van der Waals surface area contributed by atoms with Gasteiger partial charge in [-0.1, -0.05) is 12.5 Å². The zero-order chi connectivity index (χ0) is 15.7. The maximum Gasteiger partial charge on any atom is 0.243 e. The molecule has 7 nitrogen and oxygen atoms in total. The molecule has 21 heavy (non-hydrogen) atoms. The third kappa shape index (κ3) is 3.31. The van der Waals surface area contributed by atoms with Gasteiger partial charge in [0.15, 0.2) is 0 Å². The van der Waals surface area contributed by atoms with Crippen LogP contribution < -0.4 is 5.14 Å². The molecule has 0 amide bonds. The van der Waals surface area contributed by atoms with E-state index in [0.29, 0.717) is 19.1 Å². The number of primary sulfonamides is 1. The van der Waals surface area contributed by atoms with Gasteiger partial charge in [0.2, 0.25) is 20.0 Å². The molecule has 0 spiro atoms. The Hall–Kier alpha value is -1.29. The largest absolute Gasteiger partial charge is 0.302 e. The maximum absolute atomic E-state index is 12.6. The van der Waals surface area contributed by atoms with Crippen LogP contribution in [0.4, 0.5) is 0 Å². The predicted octanol–water partition coefficient (Wildman–Crippen LogP) is 0.0761. The van der Waals surface area contributed by atoms with Crippen LogP contribution in [0.2, 0.25) is 0 Å². The Morgan fingerprint density at radius 2 is 1.81 bits per heavy atom. The van der Waals surface area contributed by atoms with Gasteiger partial charge in [-0.25, -0.2) is 22.0 Å². The summed E-state index contributed by atoms with van der Waals surface area (Å²) in [5.74, 6) is 0. The monoisotopic (exact) mass is 332 g/mol. The first-order valence-corrected chi connectivity index (χ1v) is 9.35. The SMILES string of the molecule is NS(=O)(=O)c1cccc(S(=O)(=O)N2CCCCC2C=O)c1. The van der Waals surface area contributed by atoms with Crippen molar-refractivity contribution in [3.8, 4) is 0 Å². The van der Waals surface area contributed by atoms with Gasteiger partial charge in [-0.15, -0.1) is 0 Å². The molecule has 2 rings (SSSR count). The average Bonchev–Trinajstić information content (AvgIpc) is 2.46. The molecule has 1 fully saturated rings. The fourth-order valence-corrected chi connectivity index (χ4v) is 4.62. The number of piperidine rings is 1. The third-order valence-electron chi connectivity index (χ3n) is 3.40. The highest BCUT2D eigenvalue weighted by molar-refractivity contribution is 7.90. The molecule has 1 aliphatic heterocycles. The fraction of sp³-hybridized carbons (Fsp3) is 0.417. The minimum absolute atomic E-state index is 0.178. The number of nitrogens with zero attached hydrogens (tertiary/aromatic N) is 1. The van der Waals surface area contributed by atoms with Gasteiger partial charge in [0.05, 0.1) is 15.8 Å². The second-order valence-corrected chi connectivity index (χ2v) is 8.29. The van der Waals surface area contributed by atoms with Crippen LogP contribution in [0.5, 0.6) is 0 Å². The second-order valence-electron chi connectivity index (χ2n) is 4.83. The highest BCUT2D eigenvalue weighted by Crippen LogP contribution is 2.25. The normalized spacial score (nSPS) is 21.1. The lowest BCUT2D eigenvalue weighted by Gasteiger charge is -2.31. The van der Waals surface area contributed by atoms with Gasteiger partial charge in [0.1, 0.15) is 6.29 Å². The summed E-state index contributed by atoms with van der Waals surface area (Å²) >= 11 is 0. The van der Waals surface area contributed by atoms with Crippen molar-refractivity contribution in [1.82, 2.24) is 4.31 Å².